The quantitative estimate of drug-likeness (QED) is 0.178. The molecule has 0 aliphatic heterocycles. The van der Waals surface area contributed by atoms with Crippen molar-refractivity contribution < 1.29 is 8.83 Å². The smallest absolute Gasteiger partial charge is 0.238 e. The van der Waals surface area contributed by atoms with Crippen molar-refractivity contribution in [2.45, 2.75) is 0 Å². The van der Waals surface area contributed by atoms with E-state index in [1.165, 1.54) is 5.39 Å². The Balaban J connectivity index is 1.05. The fourth-order valence-corrected chi connectivity index (χ4v) is 8.83. The maximum atomic E-state index is 6.66. The Bertz CT molecular complexity index is 3820. The Kier molecular flexibility index (Phi) is 6.60. The van der Waals surface area contributed by atoms with E-state index in [9.17, 15) is 0 Å². The third-order valence-electron chi connectivity index (χ3n) is 11.6. The number of para-hydroxylation sites is 2. The Morgan fingerprint density at radius 1 is 0.373 bits per heavy atom. The maximum absolute atomic E-state index is 6.66. The van der Waals surface area contributed by atoms with Crippen LogP contribution in [0.2, 0.25) is 0 Å². The van der Waals surface area contributed by atoms with Crippen LogP contribution < -0.4 is 0 Å². The van der Waals surface area contributed by atoms with Gasteiger partial charge in [-0.05, 0) is 86.9 Å². The highest BCUT2D eigenvalue weighted by Gasteiger charge is 2.21. The fourth-order valence-electron chi connectivity index (χ4n) is 8.83. The van der Waals surface area contributed by atoms with Gasteiger partial charge in [-0.3, -0.25) is 4.57 Å². The molecule has 0 fully saturated rings. The van der Waals surface area contributed by atoms with Gasteiger partial charge in [0, 0.05) is 32.8 Å². The van der Waals surface area contributed by atoms with E-state index in [1.54, 1.807) is 0 Å². The van der Waals surface area contributed by atoms with Crippen LogP contribution in [0.25, 0.3) is 127 Å². The minimum atomic E-state index is 0.548. The first-order valence-electron chi connectivity index (χ1n) is 19.6. The molecule has 0 N–H and O–H groups in total. The summed E-state index contributed by atoms with van der Waals surface area (Å²) in [5.74, 6) is 2.27. The number of aromatic nitrogens is 5. The van der Waals surface area contributed by atoms with Gasteiger partial charge in [0.25, 0.3) is 0 Å². The molecule has 0 radical (unpaired) electrons. The third-order valence-corrected chi connectivity index (χ3v) is 11.6. The maximum Gasteiger partial charge on any atom is 0.238 e. The second-order valence-corrected chi connectivity index (χ2v) is 15.1. The first-order chi connectivity index (χ1) is 29.2. The number of nitrogens with zero attached hydrogens (tertiary/aromatic N) is 5. The molecule has 9 aromatic carbocycles. The van der Waals surface area contributed by atoms with Crippen LogP contribution in [-0.4, -0.2) is 24.5 Å². The standard InChI is InChI=1S/C52H29N5O2/c1-3-11-33-27-35(20-17-30(33)9-1)49-54-50(56-52(55-49)57-42-15-7-5-13-38(42)39-14-6-8-16-43(39)57)36-21-19-32-23-25-44-46(40(32)29-36)47-45(58-44)26-24-41-48(47)59-51(53-41)37-22-18-31-10-2-4-12-34(31)28-37/h1-29H. The summed E-state index contributed by atoms with van der Waals surface area (Å²) in [6, 6.07) is 60.6. The number of benzene rings is 9. The Labute approximate surface area is 335 Å². The number of oxazole rings is 1. The zero-order valence-electron chi connectivity index (χ0n) is 31.3. The average Bonchev–Trinajstić information content (AvgIpc) is 4.00. The summed E-state index contributed by atoms with van der Waals surface area (Å²) in [6.07, 6.45) is 0. The van der Waals surface area contributed by atoms with E-state index in [0.717, 1.165) is 92.9 Å². The van der Waals surface area contributed by atoms with Crippen LogP contribution in [0.3, 0.4) is 0 Å². The third kappa shape index (κ3) is 4.88. The molecule has 59 heavy (non-hydrogen) atoms. The molecule has 13 aromatic rings. The van der Waals surface area contributed by atoms with E-state index in [0.29, 0.717) is 29.1 Å². The van der Waals surface area contributed by atoms with Crippen molar-refractivity contribution in [3.8, 4) is 40.2 Å². The SMILES string of the molecule is c1ccc2cc(-c3nc(-c4ccc5ccc6oc7ccc8nc(-c9ccc%10ccccc%10c9)oc8c7c6c5c4)nc(-n4c5ccccc5c5ccccc54)n3)ccc2c1. The minimum absolute atomic E-state index is 0.548. The van der Waals surface area contributed by atoms with Crippen LogP contribution in [0, 0.1) is 0 Å². The van der Waals surface area contributed by atoms with Crippen molar-refractivity contribution in [1.82, 2.24) is 24.5 Å². The molecule has 0 amide bonds. The summed E-state index contributed by atoms with van der Waals surface area (Å²) in [5, 5.41) is 10.8. The minimum Gasteiger partial charge on any atom is -0.456 e. The Morgan fingerprint density at radius 3 is 1.63 bits per heavy atom. The van der Waals surface area contributed by atoms with Gasteiger partial charge in [-0.25, -0.2) is 9.97 Å². The van der Waals surface area contributed by atoms with Gasteiger partial charge in [0.05, 0.1) is 16.4 Å². The van der Waals surface area contributed by atoms with Crippen molar-refractivity contribution in [3.05, 3.63) is 176 Å². The molecule has 13 rings (SSSR count). The van der Waals surface area contributed by atoms with E-state index >= 15 is 0 Å². The van der Waals surface area contributed by atoms with Crippen LogP contribution in [0.1, 0.15) is 0 Å². The lowest BCUT2D eigenvalue weighted by Crippen LogP contribution is -2.06. The van der Waals surface area contributed by atoms with Gasteiger partial charge in [-0.2, -0.15) is 9.97 Å². The van der Waals surface area contributed by atoms with Crippen LogP contribution in [0.5, 0.6) is 0 Å². The summed E-state index contributed by atoms with van der Waals surface area (Å²) in [4.78, 5) is 20.7. The highest BCUT2D eigenvalue weighted by molar-refractivity contribution is 6.25. The summed E-state index contributed by atoms with van der Waals surface area (Å²) < 4.78 is 15.3. The molecule has 0 aliphatic carbocycles. The highest BCUT2D eigenvalue weighted by Crippen LogP contribution is 2.41. The molecule has 0 bridgehead atoms. The first-order valence-corrected chi connectivity index (χ1v) is 19.6. The van der Waals surface area contributed by atoms with E-state index < -0.39 is 0 Å². The number of furan rings is 1. The zero-order chi connectivity index (χ0) is 38.6. The molecule has 274 valence electrons. The molecule has 0 unspecified atom stereocenters. The van der Waals surface area contributed by atoms with Gasteiger partial charge in [-0.15, -0.1) is 0 Å². The molecular formula is C52H29N5O2. The molecule has 7 nitrogen and oxygen atoms in total. The van der Waals surface area contributed by atoms with Gasteiger partial charge >= 0.3 is 0 Å². The van der Waals surface area contributed by atoms with Gasteiger partial charge in [-0.1, -0.05) is 121 Å². The van der Waals surface area contributed by atoms with Crippen LogP contribution in [0.15, 0.2) is 185 Å². The zero-order valence-corrected chi connectivity index (χ0v) is 31.3. The van der Waals surface area contributed by atoms with Crippen molar-refractivity contribution in [2.75, 3.05) is 0 Å². The average molecular weight is 756 g/mol. The van der Waals surface area contributed by atoms with E-state index in [2.05, 4.69) is 150 Å². The predicted molar refractivity (Wildman–Crippen MR) is 238 cm³/mol. The highest BCUT2D eigenvalue weighted by atomic mass is 16.4. The molecule has 4 heterocycles. The van der Waals surface area contributed by atoms with Crippen molar-refractivity contribution >= 4 is 87.2 Å². The van der Waals surface area contributed by atoms with Crippen molar-refractivity contribution in [1.29, 1.82) is 0 Å². The van der Waals surface area contributed by atoms with Gasteiger partial charge in [0.15, 0.2) is 17.2 Å². The van der Waals surface area contributed by atoms with Crippen molar-refractivity contribution in [2.24, 2.45) is 0 Å². The van der Waals surface area contributed by atoms with E-state index in [4.69, 9.17) is 28.8 Å². The number of rotatable bonds is 4. The van der Waals surface area contributed by atoms with E-state index in [-0.39, 0.29) is 0 Å². The first kappa shape index (κ1) is 32.0. The number of fused-ring (bicyclic) bond motifs is 12. The topological polar surface area (TPSA) is 82.8 Å². The van der Waals surface area contributed by atoms with Crippen LogP contribution in [-0.2, 0) is 0 Å². The Hall–Kier alpha value is -8.16. The second kappa shape index (κ2) is 12.2. The Morgan fingerprint density at radius 2 is 0.915 bits per heavy atom. The summed E-state index contributed by atoms with van der Waals surface area (Å²) in [5.41, 5.74) is 7.70. The van der Waals surface area contributed by atoms with Crippen LogP contribution in [0.4, 0.5) is 0 Å². The molecule has 0 atom stereocenters. The normalized spacial score (nSPS) is 12.1. The molecule has 4 aromatic heterocycles. The lowest BCUT2D eigenvalue weighted by molar-refractivity contribution is 0.622. The second-order valence-electron chi connectivity index (χ2n) is 15.1. The van der Waals surface area contributed by atoms with Gasteiger partial charge in [0.2, 0.25) is 11.8 Å². The molecule has 0 spiro atoms. The van der Waals surface area contributed by atoms with Gasteiger partial charge < -0.3 is 8.83 Å². The molecule has 7 heteroatoms. The molecular weight excluding hydrogens is 727 g/mol. The van der Waals surface area contributed by atoms with Crippen molar-refractivity contribution in [3.63, 3.8) is 0 Å². The lowest BCUT2D eigenvalue weighted by atomic mass is 10.0. The number of hydrogen-bond donors (Lipinski definition) is 0. The largest absolute Gasteiger partial charge is 0.456 e. The fraction of sp³-hybridized carbons (Fsp3) is 0. The summed E-state index contributed by atoms with van der Waals surface area (Å²) in [7, 11) is 0. The lowest BCUT2D eigenvalue weighted by Gasteiger charge is -2.12. The van der Waals surface area contributed by atoms with Gasteiger partial charge in [0.1, 0.15) is 16.7 Å². The molecule has 0 saturated carbocycles. The monoisotopic (exact) mass is 755 g/mol. The van der Waals surface area contributed by atoms with E-state index in [1.807, 2.05) is 30.3 Å². The van der Waals surface area contributed by atoms with Crippen LogP contribution >= 0.6 is 0 Å². The molecule has 0 aliphatic rings. The predicted octanol–water partition coefficient (Wildman–Crippen LogP) is 13.5. The summed E-state index contributed by atoms with van der Waals surface area (Å²) >= 11 is 0. The summed E-state index contributed by atoms with van der Waals surface area (Å²) in [6.45, 7) is 0. The number of hydrogen-bond acceptors (Lipinski definition) is 6. The molecule has 0 saturated heterocycles.